The minimum absolute atomic E-state index is 0.745. The van der Waals surface area contributed by atoms with Crippen LogP contribution in [0.3, 0.4) is 0 Å². The van der Waals surface area contributed by atoms with E-state index in [1.165, 1.54) is 0 Å². The number of aryl methyl sites for hydroxylation is 1. The van der Waals surface area contributed by atoms with Crippen molar-refractivity contribution in [1.82, 2.24) is 15.0 Å². The first kappa shape index (κ1) is 9.90. The standard InChI is InChI=1S/C14H11N3/c1-10-16-13(11-6-3-2-4-7-11)12-8-5-9-15-14(12)17-10/h2-9H,1H3. The lowest BCUT2D eigenvalue weighted by Gasteiger charge is -2.05. The Labute approximate surface area is 99.2 Å². The Morgan fingerprint density at radius 1 is 0.882 bits per heavy atom. The van der Waals surface area contributed by atoms with Gasteiger partial charge in [-0.1, -0.05) is 30.3 Å². The normalized spacial score (nSPS) is 10.6. The van der Waals surface area contributed by atoms with Crippen LogP contribution in [0.1, 0.15) is 5.82 Å². The highest BCUT2D eigenvalue weighted by Crippen LogP contribution is 2.24. The molecule has 0 atom stereocenters. The quantitative estimate of drug-likeness (QED) is 0.634. The molecule has 82 valence electrons. The summed E-state index contributed by atoms with van der Waals surface area (Å²) in [6.45, 7) is 1.89. The molecule has 3 aromatic rings. The number of nitrogens with zero attached hydrogens (tertiary/aromatic N) is 3. The van der Waals surface area contributed by atoms with Crippen molar-refractivity contribution in [2.24, 2.45) is 0 Å². The third-order valence-corrected chi connectivity index (χ3v) is 2.63. The second-order valence-corrected chi connectivity index (χ2v) is 3.86. The zero-order chi connectivity index (χ0) is 11.7. The molecule has 2 aromatic heterocycles. The second kappa shape index (κ2) is 3.94. The molecule has 0 radical (unpaired) electrons. The van der Waals surface area contributed by atoms with Gasteiger partial charge in [-0.05, 0) is 19.1 Å². The molecular formula is C14H11N3. The maximum Gasteiger partial charge on any atom is 0.163 e. The van der Waals surface area contributed by atoms with E-state index in [4.69, 9.17) is 0 Å². The van der Waals surface area contributed by atoms with E-state index in [1.54, 1.807) is 6.20 Å². The number of aromatic nitrogens is 3. The second-order valence-electron chi connectivity index (χ2n) is 3.86. The molecule has 0 bridgehead atoms. The summed E-state index contributed by atoms with van der Waals surface area (Å²) >= 11 is 0. The van der Waals surface area contributed by atoms with Crippen molar-refractivity contribution in [2.75, 3.05) is 0 Å². The number of benzene rings is 1. The van der Waals surface area contributed by atoms with E-state index >= 15 is 0 Å². The van der Waals surface area contributed by atoms with Crippen LogP contribution in [0.4, 0.5) is 0 Å². The molecule has 3 rings (SSSR count). The number of pyridine rings is 1. The van der Waals surface area contributed by atoms with Crippen molar-refractivity contribution in [3.05, 3.63) is 54.5 Å². The molecule has 0 aliphatic heterocycles. The molecule has 0 aliphatic carbocycles. The zero-order valence-corrected chi connectivity index (χ0v) is 9.46. The van der Waals surface area contributed by atoms with Crippen molar-refractivity contribution < 1.29 is 0 Å². The maximum atomic E-state index is 4.52. The van der Waals surface area contributed by atoms with E-state index in [0.717, 1.165) is 28.1 Å². The molecule has 3 nitrogen and oxygen atoms in total. The average molecular weight is 221 g/mol. The lowest BCUT2D eigenvalue weighted by Crippen LogP contribution is -1.95. The van der Waals surface area contributed by atoms with Crippen molar-refractivity contribution in [2.45, 2.75) is 6.92 Å². The lowest BCUT2D eigenvalue weighted by atomic mass is 10.1. The number of hydrogen-bond acceptors (Lipinski definition) is 3. The van der Waals surface area contributed by atoms with Crippen LogP contribution in [-0.4, -0.2) is 15.0 Å². The zero-order valence-electron chi connectivity index (χ0n) is 9.46. The average Bonchev–Trinajstić information content (AvgIpc) is 2.39. The predicted molar refractivity (Wildman–Crippen MR) is 67.5 cm³/mol. The summed E-state index contributed by atoms with van der Waals surface area (Å²) in [5.41, 5.74) is 2.79. The van der Waals surface area contributed by atoms with Crippen molar-refractivity contribution in [1.29, 1.82) is 0 Å². The van der Waals surface area contributed by atoms with Gasteiger partial charge in [-0.2, -0.15) is 0 Å². The van der Waals surface area contributed by atoms with E-state index in [0.29, 0.717) is 0 Å². The van der Waals surface area contributed by atoms with Crippen molar-refractivity contribution in [3.63, 3.8) is 0 Å². The summed E-state index contributed by atoms with van der Waals surface area (Å²) in [4.78, 5) is 13.1. The molecule has 0 saturated carbocycles. The van der Waals surface area contributed by atoms with E-state index in [1.807, 2.05) is 49.4 Å². The molecule has 2 heterocycles. The summed E-state index contributed by atoms with van der Waals surface area (Å²) in [6.07, 6.45) is 1.75. The Hall–Kier alpha value is -2.29. The topological polar surface area (TPSA) is 38.7 Å². The molecule has 0 amide bonds. The van der Waals surface area contributed by atoms with Gasteiger partial charge < -0.3 is 0 Å². The predicted octanol–water partition coefficient (Wildman–Crippen LogP) is 3.00. The first-order chi connectivity index (χ1) is 8.34. The highest BCUT2D eigenvalue weighted by Gasteiger charge is 2.07. The monoisotopic (exact) mass is 221 g/mol. The Morgan fingerprint density at radius 3 is 2.53 bits per heavy atom. The number of rotatable bonds is 1. The molecule has 1 aromatic carbocycles. The van der Waals surface area contributed by atoms with Crippen LogP contribution in [0.2, 0.25) is 0 Å². The number of fused-ring (bicyclic) bond motifs is 1. The number of hydrogen-bond donors (Lipinski definition) is 0. The third-order valence-electron chi connectivity index (χ3n) is 2.63. The highest BCUT2D eigenvalue weighted by molar-refractivity contribution is 5.89. The van der Waals surface area contributed by atoms with E-state index < -0.39 is 0 Å². The Kier molecular flexibility index (Phi) is 2.29. The third kappa shape index (κ3) is 1.76. The summed E-state index contributed by atoms with van der Waals surface area (Å²) in [6, 6.07) is 14.0. The Bertz CT molecular complexity index is 663. The van der Waals surface area contributed by atoms with Gasteiger partial charge in [-0.25, -0.2) is 15.0 Å². The van der Waals surface area contributed by atoms with Gasteiger partial charge in [0.2, 0.25) is 0 Å². The Balaban J connectivity index is 2.36. The highest BCUT2D eigenvalue weighted by atomic mass is 14.9. The Morgan fingerprint density at radius 2 is 1.71 bits per heavy atom. The molecule has 17 heavy (non-hydrogen) atoms. The summed E-state index contributed by atoms with van der Waals surface area (Å²) < 4.78 is 0. The van der Waals surface area contributed by atoms with Crippen LogP contribution < -0.4 is 0 Å². The van der Waals surface area contributed by atoms with Crippen LogP contribution in [-0.2, 0) is 0 Å². The van der Waals surface area contributed by atoms with Gasteiger partial charge in [0.1, 0.15) is 5.82 Å². The first-order valence-electron chi connectivity index (χ1n) is 5.49. The molecule has 0 N–H and O–H groups in total. The van der Waals surface area contributed by atoms with Crippen LogP contribution >= 0.6 is 0 Å². The largest absolute Gasteiger partial charge is 0.237 e. The fraction of sp³-hybridized carbons (Fsp3) is 0.0714. The fourth-order valence-electron chi connectivity index (χ4n) is 1.89. The van der Waals surface area contributed by atoms with E-state index in [2.05, 4.69) is 15.0 Å². The summed E-state index contributed by atoms with van der Waals surface area (Å²) in [5.74, 6) is 0.745. The lowest BCUT2D eigenvalue weighted by molar-refractivity contribution is 1.08. The van der Waals surface area contributed by atoms with E-state index in [9.17, 15) is 0 Å². The SMILES string of the molecule is Cc1nc(-c2ccccc2)c2cccnc2n1. The van der Waals surface area contributed by atoms with E-state index in [-0.39, 0.29) is 0 Å². The molecule has 0 spiro atoms. The van der Waals surface area contributed by atoms with Crippen molar-refractivity contribution in [3.8, 4) is 11.3 Å². The van der Waals surface area contributed by atoms with Gasteiger partial charge in [0.25, 0.3) is 0 Å². The van der Waals surface area contributed by atoms with Gasteiger partial charge in [0, 0.05) is 17.1 Å². The van der Waals surface area contributed by atoms with Crippen LogP contribution in [0.25, 0.3) is 22.3 Å². The molecule has 0 aliphatic rings. The summed E-state index contributed by atoms with van der Waals surface area (Å²) in [5, 5.41) is 0.990. The molecule has 0 fully saturated rings. The van der Waals surface area contributed by atoms with Crippen LogP contribution in [0.5, 0.6) is 0 Å². The van der Waals surface area contributed by atoms with Crippen molar-refractivity contribution >= 4 is 11.0 Å². The van der Waals surface area contributed by atoms with Gasteiger partial charge in [0.05, 0.1) is 5.69 Å². The first-order valence-corrected chi connectivity index (χ1v) is 5.49. The fourth-order valence-corrected chi connectivity index (χ4v) is 1.89. The van der Waals surface area contributed by atoms with Gasteiger partial charge in [-0.3, -0.25) is 0 Å². The molecule has 0 saturated heterocycles. The minimum atomic E-state index is 0.745. The molecule has 3 heteroatoms. The van der Waals surface area contributed by atoms with Gasteiger partial charge in [-0.15, -0.1) is 0 Å². The molecular weight excluding hydrogens is 210 g/mol. The molecule has 0 unspecified atom stereocenters. The summed E-state index contributed by atoms with van der Waals surface area (Å²) in [7, 11) is 0. The smallest absolute Gasteiger partial charge is 0.163 e. The van der Waals surface area contributed by atoms with Crippen LogP contribution in [0, 0.1) is 6.92 Å². The maximum absolute atomic E-state index is 4.52. The van der Waals surface area contributed by atoms with Gasteiger partial charge >= 0.3 is 0 Å². The van der Waals surface area contributed by atoms with Crippen LogP contribution in [0.15, 0.2) is 48.7 Å². The van der Waals surface area contributed by atoms with Gasteiger partial charge in [0.15, 0.2) is 5.65 Å². The minimum Gasteiger partial charge on any atom is -0.237 e.